The number of anilines is 1. The number of ether oxygens (including phenoxy) is 2. The Morgan fingerprint density at radius 3 is 2.28 bits per heavy atom. The van der Waals surface area contributed by atoms with E-state index in [1.165, 1.54) is 12.1 Å². The molecule has 0 radical (unpaired) electrons. The Labute approximate surface area is 248 Å². The summed E-state index contributed by atoms with van der Waals surface area (Å²) in [6.45, 7) is 3.42. The molecule has 2 aromatic carbocycles. The SMILES string of the molecule is COCOC(C#N)(C#N)c1c(F)c(F)c(C(=O)[O-])c(C2=C3C=CC(=[N+](C)C)C=C3[Si](C)(C)c3cc(N(C)C)ccc32)c1F. The summed E-state index contributed by atoms with van der Waals surface area (Å²) in [5.41, 5.74) is -4.23. The zero-order valence-electron chi connectivity index (χ0n) is 24.7. The van der Waals surface area contributed by atoms with Crippen LogP contribution in [-0.4, -0.2) is 66.4 Å². The summed E-state index contributed by atoms with van der Waals surface area (Å²) in [5, 5.41) is 33.7. The van der Waals surface area contributed by atoms with Crippen molar-refractivity contribution in [2.24, 2.45) is 0 Å². The largest absolute Gasteiger partial charge is 0.545 e. The summed E-state index contributed by atoms with van der Waals surface area (Å²) >= 11 is 0. The lowest BCUT2D eigenvalue weighted by molar-refractivity contribution is -0.462. The third-order valence-corrected chi connectivity index (χ3v) is 11.3. The van der Waals surface area contributed by atoms with E-state index in [0.29, 0.717) is 11.1 Å². The molecule has 4 rings (SSSR count). The van der Waals surface area contributed by atoms with Gasteiger partial charge in [0.1, 0.15) is 46.9 Å². The summed E-state index contributed by atoms with van der Waals surface area (Å²) in [6.07, 6.45) is 5.34. The monoisotopic (exact) mass is 606 g/mol. The van der Waals surface area contributed by atoms with Crippen LogP contribution in [-0.2, 0) is 15.1 Å². The van der Waals surface area contributed by atoms with Gasteiger partial charge in [0.25, 0.3) is 5.60 Å². The van der Waals surface area contributed by atoms with E-state index in [4.69, 9.17) is 9.47 Å². The molecule has 0 N–H and O–H groups in total. The summed E-state index contributed by atoms with van der Waals surface area (Å²) < 4.78 is 60.0. The van der Waals surface area contributed by atoms with Gasteiger partial charge in [-0.3, -0.25) is 0 Å². The average molecular weight is 607 g/mol. The minimum absolute atomic E-state index is 0.0409. The molecule has 0 spiro atoms. The van der Waals surface area contributed by atoms with Gasteiger partial charge < -0.3 is 24.3 Å². The number of fused-ring (bicyclic) bond motifs is 2. The number of methoxy groups -OCH3 is 1. The molecule has 0 amide bonds. The zero-order valence-corrected chi connectivity index (χ0v) is 25.7. The van der Waals surface area contributed by atoms with E-state index < -0.39 is 60.6 Å². The minimum Gasteiger partial charge on any atom is -0.545 e. The second-order valence-electron chi connectivity index (χ2n) is 11.1. The highest BCUT2D eigenvalue weighted by Gasteiger charge is 2.46. The van der Waals surface area contributed by atoms with Crippen LogP contribution < -0.4 is 15.2 Å². The van der Waals surface area contributed by atoms with E-state index in [1.807, 2.05) is 49.8 Å². The van der Waals surface area contributed by atoms with Gasteiger partial charge in [-0.05, 0) is 45.3 Å². The van der Waals surface area contributed by atoms with E-state index in [9.17, 15) is 20.4 Å². The van der Waals surface area contributed by atoms with Gasteiger partial charge in [-0.2, -0.15) is 10.5 Å². The molecule has 2 aromatic rings. The quantitative estimate of drug-likeness (QED) is 0.206. The Hall–Kier alpha value is -4.49. The molecule has 43 heavy (non-hydrogen) atoms. The number of hydrogen-bond donors (Lipinski definition) is 0. The number of hydrogen-bond acceptors (Lipinski definition) is 7. The van der Waals surface area contributed by atoms with Crippen LogP contribution in [0.4, 0.5) is 18.9 Å². The van der Waals surface area contributed by atoms with Gasteiger partial charge in [0.15, 0.2) is 17.3 Å². The number of halogens is 3. The van der Waals surface area contributed by atoms with Crippen molar-refractivity contribution in [1.29, 1.82) is 10.5 Å². The third-order valence-electron chi connectivity index (χ3n) is 7.76. The molecule has 0 unspecified atom stereocenters. The van der Waals surface area contributed by atoms with E-state index in [-0.39, 0.29) is 5.57 Å². The van der Waals surface area contributed by atoms with Gasteiger partial charge in [0.05, 0.1) is 11.5 Å². The lowest BCUT2D eigenvalue weighted by Crippen LogP contribution is -2.50. The Morgan fingerprint density at radius 1 is 1.09 bits per heavy atom. The number of nitriles is 2. The van der Waals surface area contributed by atoms with Gasteiger partial charge in [-0.1, -0.05) is 19.2 Å². The van der Waals surface area contributed by atoms with Crippen LogP contribution in [0.1, 0.15) is 27.0 Å². The van der Waals surface area contributed by atoms with Gasteiger partial charge in [-0.25, -0.2) is 17.7 Å². The second-order valence-corrected chi connectivity index (χ2v) is 15.4. The highest BCUT2D eigenvalue weighted by Crippen LogP contribution is 2.46. The Kier molecular flexibility index (Phi) is 8.26. The average Bonchev–Trinajstić information content (AvgIpc) is 2.97. The number of benzene rings is 2. The molecule has 0 bridgehead atoms. The van der Waals surface area contributed by atoms with Crippen molar-refractivity contribution in [2.45, 2.75) is 18.7 Å². The first-order valence-electron chi connectivity index (χ1n) is 13.1. The molecule has 0 saturated heterocycles. The lowest BCUT2D eigenvalue weighted by atomic mass is 9.83. The van der Waals surface area contributed by atoms with Crippen molar-refractivity contribution < 1.29 is 37.1 Å². The highest BCUT2D eigenvalue weighted by atomic mass is 28.3. The second kappa shape index (κ2) is 11.3. The number of carbonyl (C=O) groups is 1. The van der Waals surface area contributed by atoms with E-state index >= 15 is 13.2 Å². The maximum Gasteiger partial charge on any atom is 0.275 e. The Bertz CT molecular complexity index is 1760. The van der Waals surface area contributed by atoms with Crippen LogP contribution >= 0.6 is 0 Å². The molecular weight excluding hydrogens is 577 g/mol. The number of aromatic carboxylic acids is 1. The first-order chi connectivity index (χ1) is 20.2. The van der Waals surface area contributed by atoms with E-state index in [0.717, 1.165) is 28.9 Å². The fourth-order valence-corrected chi connectivity index (χ4v) is 8.54. The molecule has 1 aliphatic heterocycles. The Balaban J connectivity index is 2.28. The van der Waals surface area contributed by atoms with Crippen LogP contribution in [0, 0.1) is 40.1 Å². The highest BCUT2D eigenvalue weighted by molar-refractivity contribution is 6.98. The van der Waals surface area contributed by atoms with E-state index in [1.54, 1.807) is 24.3 Å². The Morgan fingerprint density at radius 2 is 1.74 bits per heavy atom. The van der Waals surface area contributed by atoms with Crippen LogP contribution in [0.3, 0.4) is 0 Å². The predicted octanol–water partition coefficient (Wildman–Crippen LogP) is 2.88. The summed E-state index contributed by atoms with van der Waals surface area (Å²) in [6, 6.07) is 8.16. The predicted molar refractivity (Wildman–Crippen MR) is 155 cm³/mol. The molecule has 1 aliphatic carbocycles. The smallest absolute Gasteiger partial charge is 0.275 e. The van der Waals surface area contributed by atoms with Gasteiger partial charge in [0, 0.05) is 50.2 Å². The molecule has 12 heteroatoms. The molecule has 0 fully saturated rings. The topological polar surface area (TPSA) is 112 Å². The molecule has 0 saturated carbocycles. The van der Waals surface area contributed by atoms with Crippen molar-refractivity contribution in [3.8, 4) is 12.1 Å². The van der Waals surface area contributed by atoms with Crippen molar-refractivity contribution in [3.05, 3.63) is 86.9 Å². The standard InChI is InChI=1S/C31H29F3N4O4Si/c1-37(2)17-8-10-19-21(12-17)43(6,7)22-13-18(38(3)4)9-11-20(22)23(19)24-25(30(39)40)28(33)29(34)26(27(24)32)31(14-35,15-36)42-16-41-5/h8-13H,16H2,1-7H3. The van der Waals surface area contributed by atoms with Crippen LogP contribution in [0.2, 0.25) is 13.1 Å². The van der Waals surface area contributed by atoms with Crippen LogP contribution in [0.15, 0.2) is 47.2 Å². The van der Waals surface area contributed by atoms with Crippen molar-refractivity contribution >= 4 is 36.2 Å². The summed E-state index contributed by atoms with van der Waals surface area (Å²) in [7, 11) is 5.94. The summed E-state index contributed by atoms with van der Waals surface area (Å²) in [5.74, 6) is -7.87. The molecular formula is C31H29F3N4O4Si. The molecule has 1 heterocycles. The molecule has 0 aromatic heterocycles. The maximum atomic E-state index is 16.9. The zero-order chi connectivity index (χ0) is 32.0. The van der Waals surface area contributed by atoms with Crippen molar-refractivity contribution in [3.63, 3.8) is 0 Å². The van der Waals surface area contributed by atoms with Crippen molar-refractivity contribution in [1.82, 2.24) is 0 Å². The normalized spacial score (nSPS) is 15.3. The number of allylic oxidation sites excluding steroid dienone is 5. The third kappa shape index (κ3) is 4.87. The lowest BCUT2D eigenvalue weighted by Gasteiger charge is -2.38. The van der Waals surface area contributed by atoms with Crippen LogP contribution in [0.5, 0.6) is 0 Å². The molecule has 0 atom stereocenters. The fourth-order valence-electron chi connectivity index (χ4n) is 5.47. The van der Waals surface area contributed by atoms with Gasteiger partial charge in [0.2, 0.25) is 0 Å². The first kappa shape index (κ1) is 31.4. The molecule has 222 valence electrons. The van der Waals surface area contributed by atoms with E-state index in [2.05, 4.69) is 13.1 Å². The minimum atomic E-state index is -3.01. The number of carboxylic acid groups (broad SMARTS) is 1. The van der Waals surface area contributed by atoms with Gasteiger partial charge >= 0.3 is 0 Å². The van der Waals surface area contributed by atoms with Gasteiger partial charge in [-0.15, -0.1) is 0 Å². The number of carbonyl (C=O) groups excluding carboxylic acids is 1. The summed E-state index contributed by atoms with van der Waals surface area (Å²) in [4.78, 5) is 14.3. The number of rotatable bonds is 7. The van der Waals surface area contributed by atoms with Crippen molar-refractivity contribution in [2.75, 3.05) is 47.0 Å². The van der Waals surface area contributed by atoms with Crippen LogP contribution in [0.25, 0.3) is 5.57 Å². The number of carboxylic acids is 1. The number of nitrogens with zero attached hydrogens (tertiary/aromatic N) is 4. The molecule has 8 nitrogen and oxygen atoms in total. The first-order valence-corrected chi connectivity index (χ1v) is 16.1. The molecule has 2 aliphatic rings. The fraction of sp³-hybridized carbons (Fsp3) is 0.290. The maximum absolute atomic E-state index is 16.9.